The number of carboxylic acid groups (broad SMARTS) is 1. The van der Waals surface area contributed by atoms with Crippen LogP contribution in [0.5, 0.6) is 0 Å². The third-order valence-corrected chi connectivity index (χ3v) is 8.58. The molecular formula is C15H23ClO3Si. The molecular weight excluding hydrogens is 292 g/mol. The standard InChI is InChI=1S/C15H23ClO3Si/c1-15(2,3)20(4,5)19-13(10-14(17)18)11-6-8-12(16)9-7-11/h6-9,13H,10H2,1-5H3,(H,17,18)/t13-/m0/s1. The first-order valence-corrected chi connectivity index (χ1v) is 9.96. The molecule has 1 aromatic rings. The van der Waals surface area contributed by atoms with Crippen LogP contribution < -0.4 is 0 Å². The van der Waals surface area contributed by atoms with Crippen LogP contribution in [0.1, 0.15) is 38.9 Å². The Balaban J connectivity index is 3.02. The molecule has 0 aliphatic heterocycles. The highest BCUT2D eigenvalue weighted by molar-refractivity contribution is 6.74. The summed E-state index contributed by atoms with van der Waals surface area (Å²) in [5.41, 5.74) is 0.863. The smallest absolute Gasteiger partial charge is 0.306 e. The van der Waals surface area contributed by atoms with Crippen molar-refractivity contribution in [3.8, 4) is 0 Å². The fourth-order valence-electron chi connectivity index (χ4n) is 1.60. The summed E-state index contributed by atoms with van der Waals surface area (Å²) in [6, 6.07) is 7.20. The molecule has 0 fully saturated rings. The topological polar surface area (TPSA) is 46.5 Å². The highest BCUT2D eigenvalue weighted by Crippen LogP contribution is 2.40. The first-order chi connectivity index (χ1) is 9.03. The van der Waals surface area contributed by atoms with Crippen molar-refractivity contribution in [2.24, 2.45) is 0 Å². The Hall–Kier alpha value is -0.843. The number of benzene rings is 1. The average Bonchev–Trinajstić information content (AvgIpc) is 2.26. The lowest BCUT2D eigenvalue weighted by atomic mass is 10.1. The van der Waals surface area contributed by atoms with Gasteiger partial charge >= 0.3 is 5.97 Å². The second kappa shape index (κ2) is 6.29. The Kier molecular flexibility index (Phi) is 5.41. The van der Waals surface area contributed by atoms with Crippen LogP contribution >= 0.6 is 11.6 Å². The number of rotatable bonds is 5. The van der Waals surface area contributed by atoms with Gasteiger partial charge in [-0.3, -0.25) is 4.79 Å². The van der Waals surface area contributed by atoms with E-state index in [1.165, 1.54) is 0 Å². The predicted molar refractivity (Wildman–Crippen MR) is 84.7 cm³/mol. The minimum Gasteiger partial charge on any atom is -0.481 e. The van der Waals surface area contributed by atoms with Gasteiger partial charge in [-0.1, -0.05) is 44.5 Å². The van der Waals surface area contributed by atoms with E-state index in [0.29, 0.717) is 5.02 Å². The van der Waals surface area contributed by atoms with Crippen LogP contribution in [0.15, 0.2) is 24.3 Å². The van der Waals surface area contributed by atoms with Crippen molar-refractivity contribution in [3.63, 3.8) is 0 Å². The molecule has 0 spiro atoms. The molecule has 0 heterocycles. The summed E-state index contributed by atoms with van der Waals surface area (Å²) in [5.74, 6) is -0.858. The van der Waals surface area contributed by atoms with Crippen LogP contribution in [-0.4, -0.2) is 19.4 Å². The molecule has 1 rings (SSSR count). The van der Waals surface area contributed by atoms with Crippen molar-refractivity contribution in [2.75, 3.05) is 0 Å². The molecule has 1 N–H and O–H groups in total. The third kappa shape index (κ3) is 4.61. The molecule has 3 nitrogen and oxygen atoms in total. The van der Waals surface area contributed by atoms with Gasteiger partial charge in [-0.2, -0.15) is 0 Å². The second-order valence-corrected chi connectivity index (χ2v) is 11.7. The first kappa shape index (κ1) is 17.2. The van der Waals surface area contributed by atoms with E-state index in [9.17, 15) is 4.79 Å². The lowest BCUT2D eigenvalue weighted by Crippen LogP contribution is -2.42. The highest BCUT2D eigenvalue weighted by atomic mass is 35.5. The Morgan fingerprint density at radius 1 is 1.30 bits per heavy atom. The Morgan fingerprint density at radius 2 is 1.80 bits per heavy atom. The summed E-state index contributed by atoms with van der Waals surface area (Å²) in [4.78, 5) is 11.1. The zero-order chi connectivity index (χ0) is 15.6. The average molecular weight is 315 g/mol. The van der Waals surface area contributed by atoms with Crippen molar-refractivity contribution in [3.05, 3.63) is 34.9 Å². The van der Waals surface area contributed by atoms with Crippen LogP contribution in [0, 0.1) is 0 Å². The maximum atomic E-state index is 11.1. The van der Waals surface area contributed by atoms with Crippen LogP contribution in [0.4, 0.5) is 0 Å². The Labute approximate surface area is 127 Å². The van der Waals surface area contributed by atoms with Gasteiger partial charge in [0.1, 0.15) is 0 Å². The van der Waals surface area contributed by atoms with Crippen molar-refractivity contribution in [1.29, 1.82) is 0 Å². The zero-order valence-electron chi connectivity index (χ0n) is 12.7. The molecule has 5 heteroatoms. The summed E-state index contributed by atoms with van der Waals surface area (Å²) < 4.78 is 6.25. The van der Waals surface area contributed by atoms with E-state index in [0.717, 1.165) is 5.56 Å². The lowest BCUT2D eigenvalue weighted by molar-refractivity contribution is -0.139. The molecule has 0 aromatic heterocycles. The van der Waals surface area contributed by atoms with Crippen molar-refractivity contribution in [1.82, 2.24) is 0 Å². The molecule has 0 unspecified atom stereocenters. The number of carboxylic acids is 1. The Morgan fingerprint density at radius 3 is 2.20 bits per heavy atom. The monoisotopic (exact) mass is 314 g/mol. The van der Waals surface area contributed by atoms with Crippen molar-refractivity contribution < 1.29 is 14.3 Å². The third-order valence-electron chi connectivity index (χ3n) is 3.84. The van der Waals surface area contributed by atoms with E-state index in [2.05, 4.69) is 33.9 Å². The molecule has 0 amide bonds. The molecule has 112 valence electrons. The quantitative estimate of drug-likeness (QED) is 0.788. The maximum absolute atomic E-state index is 11.1. The van der Waals surface area contributed by atoms with Crippen LogP contribution in [0.3, 0.4) is 0 Å². The number of aliphatic carboxylic acids is 1. The van der Waals surface area contributed by atoms with Crippen LogP contribution in [-0.2, 0) is 9.22 Å². The van der Waals surface area contributed by atoms with E-state index >= 15 is 0 Å². The number of hydrogen-bond donors (Lipinski definition) is 1. The molecule has 0 aliphatic carbocycles. The maximum Gasteiger partial charge on any atom is 0.306 e. The molecule has 0 radical (unpaired) electrons. The summed E-state index contributed by atoms with van der Waals surface area (Å²) in [6.07, 6.45) is -0.459. The molecule has 0 saturated carbocycles. The van der Waals surface area contributed by atoms with Gasteiger partial charge in [-0.15, -0.1) is 0 Å². The van der Waals surface area contributed by atoms with Gasteiger partial charge in [-0.25, -0.2) is 0 Å². The number of hydrogen-bond acceptors (Lipinski definition) is 2. The summed E-state index contributed by atoms with van der Waals surface area (Å²) >= 11 is 5.88. The normalized spacial score (nSPS) is 14.1. The van der Waals surface area contributed by atoms with Crippen LogP contribution in [0.25, 0.3) is 0 Å². The molecule has 0 bridgehead atoms. The summed E-state index contributed by atoms with van der Waals surface area (Å²) in [7, 11) is -2.03. The lowest BCUT2D eigenvalue weighted by Gasteiger charge is -2.39. The summed E-state index contributed by atoms with van der Waals surface area (Å²) in [6.45, 7) is 10.7. The largest absolute Gasteiger partial charge is 0.481 e. The molecule has 0 aliphatic rings. The predicted octanol–water partition coefficient (Wildman–Crippen LogP) is 4.88. The molecule has 1 atom stereocenters. The van der Waals surface area contributed by atoms with E-state index in [-0.39, 0.29) is 11.5 Å². The van der Waals surface area contributed by atoms with E-state index in [1.807, 2.05) is 12.1 Å². The van der Waals surface area contributed by atoms with Crippen molar-refractivity contribution >= 4 is 25.9 Å². The Bertz CT molecular complexity index is 463. The fraction of sp³-hybridized carbons (Fsp3) is 0.533. The molecule has 1 aromatic carbocycles. The van der Waals surface area contributed by atoms with Gasteiger partial charge in [0.05, 0.1) is 12.5 Å². The van der Waals surface area contributed by atoms with Gasteiger partial charge in [0.2, 0.25) is 0 Å². The zero-order valence-corrected chi connectivity index (χ0v) is 14.5. The SMILES string of the molecule is CC(C)(C)[Si](C)(C)O[C@@H](CC(=O)O)c1ccc(Cl)cc1. The summed E-state index contributed by atoms with van der Waals surface area (Å²) in [5, 5.41) is 9.78. The number of halogens is 1. The minimum absolute atomic E-state index is 0.0336. The fourth-order valence-corrected chi connectivity index (χ4v) is 3.01. The highest BCUT2D eigenvalue weighted by Gasteiger charge is 2.39. The first-order valence-electron chi connectivity index (χ1n) is 6.68. The molecule has 0 saturated heterocycles. The van der Waals surface area contributed by atoms with E-state index in [1.54, 1.807) is 12.1 Å². The molecule has 20 heavy (non-hydrogen) atoms. The number of carbonyl (C=O) groups is 1. The van der Waals surface area contributed by atoms with Gasteiger partial charge < -0.3 is 9.53 Å². The van der Waals surface area contributed by atoms with Gasteiger partial charge in [0, 0.05) is 5.02 Å². The van der Waals surface area contributed by atoms with E-state index < -0.39 is 20.4 Å². The van der Waals surface area contributed by atoms with Gasteiger partial charge in [0.15, 0.2) is 8.32 Å². The van der Waals surface area contributed by atoms with Crippen molar-refractivity contribution in [2.45, 2.75) is 51.4 Å². The van der Waals surface area contributed by atoms with E-state index in [4.69, 9.17) is 21.1 Å². The van der Waals surface area contributed by atoms with Gasteiger partial charge in [0.25, 0.3) is 0 Å². The van der Waals surface area contributed by atoms with Crippen LogP contribution in [0.2, 0.25) is 23.2 Å². The van der Waals surface area contributed by atoms with Gasteiger partial charge in [-0.05, 0) is 35.8 Å². The minimum atomic E-state index is -2.03. The second-order valence-electron chi connectivity index (χ2n) is 6.52.